The Kier molecular flexibility index (Phi) is 3.53. The molecule has 0 bridgehead atoms. The highest BCUT2D eigenvalue weighted by atomic mass is 35.5. The van der Waals surface area contributed by atoms with Crippen LogP contribution in [0.2, 0.25) is 5.02 Å². The van der Waals surface area contributed by atoms with Crippen molar-refractivity contribution in [3.8, 4) is 5.75 Å². The van der Waals surface area contributed by atoms with Gasteiger partial charge in [-0.05, 0) is 38.5 Å². The molecule has 0 amide bonds. The average molecular weight is 213 g/mol. The molecule has 3 heteroatoms. The summed E-state index contributed by atoms with van der Waals surface area (Å²) in [4.78, 5) is 11.2. The van der Waals surface area contributed by atoms with Crippen molar-refractivity contribution in [2.24, 2.45) is 0 Å². The number of rotatable bonds is 3. The molecule has 0 saturated heterocycles. The lowest BCUT2D eigenvalue weighted by molar-refractivity contribution is 0.101. The van der Waals surface area contributed by atoms with E-state index >= 15 is 0 Å². The minimum atomic E-state index is -0.0267. The fraction of sp³-hybridized carbons (Fsp3) is 0.364. The summed E-state index contributed by atoms with van der Waals surface area (Å²) in [5, 5.41) is 0.451. The maximum absolute atomic E-state index is 11.2. The van der Waals surface area contributed by atoms with E-state index in [-0.39, 0.29) is 5.78 Å². The fourth-order valence-corrected chi connectivity index (χ4v) is 1.53. The molecule has 0 aliphatic carbocycles. The lowest BCUT2D eigenvalue weighted by Gasteiger charge is -2.09. The molecule has 0 aliphatic rings. The van der Waals surface area contributed by atoms with Crippen LogP contribution in [-0.2, 0) is 0 Å². The van der Waals surface area contributed by atoms with Gasteiger partial charge in [0.1, 0.15) is 5.75 Å². The van der Waals surface area contributed by atoms with E-state index in [9.17, 15) is 4.79 Å². The van der Waals surface area contributed by atoms with E-state index in [1.807, 2.05) is 13.8 Å². The molecular weight excluding hydrogens is 200 g/mol. The second-order valence-corrected chi connectivity index (χ2v) is 3.49. The van der Waals surface area contributed by atoms with E-state index < -0.39 is 0 Å². The number of carbonyl (C=O) groups is 1. The lowest BCUT2D eigenvalue weighted by atomic mass is 10.1. The maximum atomic E-state index is 11.2. The maximum Gasteiger partial charge on any atom is 0.161 e. The summed E-state index contributed by atoms with van der Waals surface area (Å²) in [7, 11) is 0. The second-order valence-electron chi connectivity index (χ2n) is 3.09. The Morgan fingerprint density at radius 1 is 1.50 bits per heavy atom. The summed E-state index contributed by atoms with van der Waals surface area (Å²) in [6.07, 6.45) is 0. The predicted octanol–water partition coefficient (Wildman–Crippen LogP) is 3.25. The fourth-order valence-electron chi connectivity index (χ4n) is 1.24. The van der Waals surface area contributed by atoms with Gasteiger partial charge in [0.2, 0.25) is 0 Å². The van der Waals surface area contributed by atoms with Crippen LogP contribution >= 0.6 is 11.6 Å². The molecule has 1 rings (SSSR count). The SMILES string of the molecule is CCOc1cc(Cl)c(C(C)=O)cc1C. The highest BCUT2D eigenvalue weighted by Crippen LogP contribution is 2.27. The first-order chi connectivity index (χ1) is 6.56. The van der Waals surface area contributed by atoms with Crippen molar-refractivity contribution in [3.05, 3.63) is 28.3 Å². The lowest BCUT2D eigenvalue weighted by Crippen LogP contribution is -1.98. The molecule has 14 heavy (non-hydrogen) atoms. The first-order valence-corrected chi connectivity index (χ1v) is 4.88. The average Bonchev–Trinajstić information content (AvgIpc) is 2.10. The summed E-state index contributed by atoms with van der Waals surface area (Å²) < 4.78 is 5.36. The molecule has 0 fully saturated rings. The molecule has 0 spiro atoms. The van der Waals surface area contributed by atoms with Crippen molar-refractivity contribution in [2.45, 2.75) is 20.8 Å². The number of hydrogen-bond acceptors (Lipinski definition) is 2. The number of carbonyl (C=O) groups excluding carboxylic acids is 1. The molecule has 0 unspecified atom stereocenters. The Hall–Kier alpha value is -1.02. The standard InChI is InChI=1S/C11H13ClO2/c1-4-14-11-6-10(12)9(8(3)13)5-7(11)2/h5-6H,4H2,1-3H3. The number of ether oxygens (including phenoxy) is 1. The van der Waals surface area contributed by atoms with Crippen LogP contribution in [0, 0.1) is 6.92 Å². The van der Waals surface area contributed by atoms with Crippen LogP contribution in [-0.4, -0.2) is 12.4 Å². The quantitative estimate of drug-likeness (QED) is 0.719. The zero-order chi connectivity index (χ0) is 10.7. The van der Waals surface area contributed by atoms with Gasteiger partial charge in [0.05, 0.1) is 11.6 Å². The molecule has 0 atom stereocenters. The van der Waals surface area contributed by atoms with E-state index in [2.05, 4.69) is 0 Å². The van der Waals surface area contributed by atoms with Crippen molar-refractivity contribution >= 4 is 17.4 Å². The molecule has 1 aromatic rings. The first kappa shape index (κ1) is 11.1. The Labute approximate surface area is 88.8 Å². The van der Waals surface area contributed by atoms with E-state index in [0.29, 0.717) is 17.2 Å². The predicted molar refractivity (Wildman–Crippen MR) is 57.4 cm³/mol. The Morgan fingerprint density at radius 2 is 2.14 bits per heavy atom. The minimum Gasteiger partial charge on any atom is -0.494 e. The second kappa shape index (κ2) is 4.47. The number of hydrogen-bond donors (Lipinski definition) is 0. The van der Waals surface area contributed by atoms with Crippen LogP contribution in [0.3, 0.4) is 0 Å². The van der Waals surface area contributed by atoms with Crippen LogP contribution in [0.1, 0.15) is 29.8 Å². The van der Waals surface area contributed by atoms with Gasteiger partial charge in [0.25, 0.3) is 0 Å². The topological polar surface area (TPSA) is 26.3 Å². The van der Waals surface area contributed by atoms with Crippen LogP contribution in [0.4, 0.5) is 0 Å². The normalized spacial score (nSPS) is 10.0. The van der Waals surface area contributed by atoms with Gasteiger partial charge in [-0.15, -0.1) is 0 Å². The summed E-state index contributed by atoms with van der Waals surface area (Å²) >= 11 is 5.93. The van der Waals surface area contributed by atoms with Gasteiger partial charge >= 0.3 is 0 Å². The number of benzene rings is 1. The van der Waals surface area contributed by atoms with Gasteiger partial charge in [-0.3, -0.25) is 4.79 Å². The van der Waals surface area contributed by atoms with E-state index in [4.69, 9.17) is 16.3 Å². The minimum absolute atomic E-state index is 0.0267. The van der Waals surface area contributed by atoms with E-state index in [1.165, 1.54) is 6.92 Å². The number of halogens is 1. The van der Waals surface area contributed by atoms with Gasteiger partial charge in [0, 0.05) is 5.56 Å². The highest BCUT2D eigenvalue weighted by Gasteiger charge is 2.09. The van der Waals surface area contributed by atoms with Crippen LogP contribution in [0.25, 0.3) is 0 Å². The molecular formula is C11H13ClO2. The third-order valence-electron chi connectivity index (χ3n) is 1.94. The molecule has 0 radical (unpaired) electrons. The van der Waals surface area contributed by atoms with Gasteiger partial charge < -0.3 is 4.74 Å². The molecule has 1 aromatic carbocycles. The van der Waals surface area contributed by atoms with Gasteiger partial charge in [-0.25, -0.2) is 0 Å². The summed E-state index contributed by atoms with van der Waals surface area (Å²) in [6.45, 7) is 5.90. The van der Waals surface area contributed by atoms with Crippen molar-refractivity contribution in [2.75, 3.05) is 6.61 Å². The van der Waals surface area contributed by atoms with E-state index in [0.717, 1.165) is 11.3 Å². The third-order valence-corrected chi connectivity index (χ3v) is 2.26. The zero-order valence-electron chi connectivity index (χ0n) is 8.56. The molecule has 0 heterocycles. The molecule has 0 saturated carbocycles. The van der Waals surface area contributed by atoms with Crippen LogP contribution in [0.15, 0.2) is 12.1 Å². The van der Waals surface area contributed by atoms with Crippen LogP contribution < -0.4 is 4.74 Å². The summed E-state index contributed by atoms with van der Waals surface area (Å²) in [6, 6.07) is 3.45. The zero-order valence-corrected chi connectivity index (χ0v) is 9.31. The number of Topliss-reactive ketones (excluding diaryl/α,β-unsaturated/α-hetero) is 1. The third kappa shape index (κ3) is 2.26. The van der Waals surface area contributed by atoms with Gasteiger partial charge in [0.15, 0.2) is 5.78 Å². The Balaban J connectivity index is 3.17. The smallest absolute Gasteiger partial charge is 0.161 e. The molecule has 0 aromatic heterocycles. The monoisotopic (exact) mass is 212 g/mol. The number of ketones is 1. The van der Waals surface area contributed by atoms with Crippen LogP contribution in [0.5, 0.6) is 5.75 Å². The molecule has 0 aliphatic heterocycles. The highest BCUT2D eigenvalue weighted by molar-refractivity contribution is 6.34. The van der Waals surface area contributed by atoms with Gasteiger partial charge in [-0.1, -0.05) is 11.6 Å². The Morgan fingerprint density at radius 3 is 2.64 bits per heavy atom. The first-order valence-electron chi connectivity index (χ1n) is 4.50. The Bertz CT molecular complexity index is 359. The van der Waals surface area contributed by atoms with Crippen molar-refractivity contribution in [1.82, 2.24) is 0 Å². The molecule has 76 valence electrons. The van der Waals surface area contributed by atoms with Crippen molar-refractivity contribution in [1.29, 1.82) is 0 Å². The number of aryl methyl sites for hydroxylation is 1. The molecule has 2 nitrogen and oxygen atoms in total. The largest absolute Gasteiger partial charge is 0.494 e. The van der Waals surface area contributed by atoms with Crippen molar-refractivity contribution < 1.29 is 9.53 Å². The summed E-state index contributed by atoms with van der Waals surface area (Å²) in [5.74, 6) is 0.712. The van der Waals surface area contributed by atoms with E-state index in [1.54, 1.807) is 12.1 Å². The summed E-state index contributed by atoms with van der Waals surface area (Å²) in [5.41, 5.74) is 1.48. The molecule has 0 N–H and O–H groups in total. The van der Waals surface area contributed by atoms with Crippen molar-refractivity contribution in [3.63, 3.8) is 0 Å². The van der Waals surface area contributed by atoms with Gasteiger partial charge in [-0.2, -0.15) is 0 Å².